The van der Waals surface area contributed by atoms with E-state index in [1.807, 2.05) is 6.92 Å². The summed E-state index contributed by atoms with van der Waals surface area (Å²) in [5.74, 6) is 0.679. The standard InChI is InChI=1S/C5H8ClNS/c1-4-3-8-5(2-6)7-4/h3,5,7H,2H2,1H3. The van der Waals surface area contributed by atoms with E-state index in [0.717, 1.165) is 0 Å². The predicted molar refractivity (Wildman–Crippen MR) is 39.0 cm³/mol. The molecule has 1 heterocycles. The first kappa shape index (κ1) is 6.30. The average molecular weight is 150 g/mol. The highest BCUT2D eigenvalue weighted by atomic mass is 35.5. The van der Waals surface area contributed by atoms with Gasteiger partial charge in [-0.1, -0.05) is 0 Å². The van der Waals surface area contributed by atoms with Crippen molar-refractivity contribution >= 4 is 23.4 Å². The molecule has 0 saturated heterocycles. The van der Waals surface area contributed by atoms with E-state index in [1.54, 1.807) is 11.8 Å². The zero-order chi connectivity index (χ0) is 5.98. The van der Waals surface area contributed by atoms with Crippen molar-refractivity contribution in [3.05, 3.63) is 11.1 Å². The van der Waals surface area contributed by atoms with Crippen molar-refractivity contribution in [1.29, 1.82) is 0 Å². The van der Waals surface area contributed by atoms with Gasteiger partial charge in [0.1, 0.15) is 0 Å². The van der Waals surface area contributed by atoms with E-state index in [2.05, 4.69) is 10.7 Å². The van der Waals surface area contributed by atoms with Gasteiger partial charge in [0.25, 0.3) is 0 Å². The highest BCUT2D eigenvalue weighted by Gasteiger charge is 2.10. The van der Waals surface area contributed by atoms with E-state index in [1.165, 1.54) is 5.70 Å². The van der Waals surface area contributed by atoms with Gasteiger partial charge >= 0.3 is 0 Å². The number of hydrogen-bond donors (Lipinski definition) is 1. The van der Waals surface area contributed by atoms with Gasteiger partial charge < -0.3 is 5.32 Å². The molecule has 0 saturated carbocycles. The van der Waals surface area contributed by atoms with Crippen LogP contribution in [-0.2, 0) is 0 Å². The molecular formula is C5H8ClNS. The van der Waals surface area contributed by atoms with Gasteiger partial charge in [0.05, 0.1) is 11.3 Å². The lowest BCUT2D eigenvalue weighted by molar-refractivity contribution is 0.827. The second-order valence-corrected chi connectivity index (χ2v) is 3.11. The minimum atomic E-state index is 0.414. The lowest BCUT2D eigenvalue weighted by atomic mass is 10.5. The molecule has 8 heavy (non-hydrogen) atoms. The summed E-state index contributed by atoms with van der Waals surface area (Å²) in [5.41, 5.74) is 1.22. The molecule has 1 atom stereocenters. The second kappa shape index (κ2) is 2.65. The summed E-state index contributed by atoms with van der Waals surface area (Å²) in [5, 5.41) is 5.70. The van der Waals surface area contributed by atoms with Gasteiger partial charge in [-0.15, -0.1) is 23.4 Å². The largest absolute Gasteiger partial charge is 0.375 e. The van der Waals surface area contributed by atoms with Crippen LogP contribution in [0.4, 0.5) is 0 Å². The molecule has 0 aromatic rings. The van der Waals surface area contributed by atoms with Gasteiger partial charge in [-0.2, -0.15) is 0 Å². The third-order valence-corrected chi connectivity index (χ3v) is 2.53. The summed E-state index contributed by atoms with van der Waals surface area (Å²) < 4.78 is 0. The Morgan fingerprint density at radius 3 is 3.00 bits per heavy atom. The number of hydrogen-bond acceptors (Lipinski definition) is 2. The van der Waals surface area contributed by atoms with Crippen LogP contribution in [-0.4, -0.2) is 11.3 Å². The van der Waals surface area contributed by atoms with Gasteiger partial charge in [-0.3, -0.25) is 0 Å². The maximum atomic E-state index is 5.56. The maximum Gasteiger partial charge on any atom is 0.0897 e. The summed E-state index contributed by atoms with van der Waals surface area (Å²) >= 11 is 7.30. The molecule has 1 nitrogen and oxygen atoms in total. The first-order valence-corrected chi connectivity index (χ1v) is 3.95. The minimum absolute atomic E-state index is 0.414. The highest BCUT2D eigenvalue weighted by Crippen LogP contribution is 2.20. The Bertz CT molecular complexity index is 113. The molecule has 1 rings (SSSR count). The fourth-order valence-corrected chi connectivity index (χ4v) is 1.64. The molecule has 1 unspecified atom stereocenters. The van der Waals surface area contributed by atoms with Gasteiger partial charge in [0.2, 0.25) is 0 Å². The Kier molecular flexibility index (Phi) is 2.08. The number of thioether (sulfide) groups is 1. The fraction of sp³-hybridized carbons (Fsp3) is 0.600. The third kappa shape index (κ3) is 1.33. The molecule has 1 aliphatic heterocycles. The molecule has 1 aliphatic rings. The average Bonchev–Trinajstić information content (AvgIpc) is 2.14. The Labute approximate surface area is 58.5 Å². The van der Waals surface area contributed by atoms with Crippen LogP contribution in [0, 0.1) is 0 Å². The maximum absolute atomic E-state index is 5.56. The van der Waals surface area contributed by atoms with Crippen molar-refractivity contribution < 1.29 is 0 Å². The lowest BCUT2D eigenvalue weighted by Gasteiger charge is -2.04. The lowest BCUT2D eigenvalue weighted by Crippen LogP contribution is -2.20. The molecule has 0 spiro atoms. The zero-order valence-electron chi connectivity index (χ0n) is 4.65. The summed E-state index contributed by atoms with van der Waals surface area (Å²) in [6.45, 7) is 2.04. The van der Waals surface area contributed by atoms with Crippen LogP contribution in [0.1, 0.15) is 6.92 Å². The van der Waals surface area contributed by atoms with Gasteiger partial charge in [-0.25, -0.2) is 0 Å². The molecule has 0 fully saturated rings. The number of nitrogens with one attached hydrogen (secondary N) is 1. The Morgan fingerprint density at radius 2 is 2.75 bits per heavy atom. The van der Waals surface area contributed by atoms with Crippen LogP contribution in [0.25, 0.3) is 0 Å². The predicted octanol–water partition coefficient (Wildman–Crippen LogP) is 1.75. The molecule has 0 aromatic carbocycles. The molecule has 3 heteroatoms. The Balaban J connectivity index is 2.32. The first-order valence-electron chi connectivity index (χ1n) is 2.47. The molecule has 0 aliphatic carbocycles. The fourth-order valence-electron chi connectivity index (χ4n) is 0.581. The van der Waals surface area contributed by atoms with E-state index in [4.69, 9.17) is 11.6 Å². The van der Waals surface area contributed by atoms with Crippen LogP contribution in [0.15, 0.2) is 11.1 Å². The number of rotatable bonds is 1. The molecule has 0 amide bonds. The second-order valence-electron chi connectivity index (χ2n) is 1.72. The van der Waals surface area contributed by atoms with Crippen LogP contribution in [0.2, 0.25) is 0 Å². The van der Waals surface area contributed by atoms with Crippen LogP contribution in [0.3, 0.4) is 0 Å². The molecule has 0 radical (unpaired) electrons. The third-order valence-electron chi connectivity index (χ3n) is 0.938. The van der Waals surface area contributed by atoms with Gasteiger partial charge in [-0.05, 0) is 12.3 Å². The SMILES string of the molecule is CC1=CSC(CCl)N1. The minimum Gasteiger partial charge on any atom is -0.375 e. The van der Waals surface area contributed by atoms with Crippen LogP contribution >= 0.6 is 23.4 Å². The summed E-state index contributed by atoms with van der Waals surface area (Å²) in [7, 11) is 0. The molecular weight excluding hydrogens is 142 g/mol. The summed E-state index contributed by atoms with van der Waals surface area (Å²) in [6.07, 6.45) is 0. The Morgan fingerprint density at radius 1 is 2.00 bits per heavy atom. The van der Waals surface area contributed by atoms with Crippen molar-refractivity contribution in [1.82, 2.24) is 5.32 Å². The summed E-state index contributed by atoms with van der Waals surface area (Å²) in [6, 6.07) is 0. The Hall–Kier alpha value is 0.180. The smallest absolute Gasteiger partial charge is 0.0897 e. The highest BCUT2D eigenvalue weighted by molar-refractivity contribution is 8.03. The normalized spacial score (nSPS) is 27.2. The summed E-state index contributed by atoms with van der Waals surface area (Å²) in [4.78, 5) is 0. The first-order chi connectivity index (χ1) is 3.83. The van der Waals surface area contributed by atoms with Crippen molar-refractivity contribution in [3.63, 3.8) is 0 Å². The molecule has 0 bridgehead atoms. The number of alkyl halides is 1. The van der Waals surface area contributed by atoms with Crippen molar-refractivity contribution in [2.45, 2.75) is 12.3 Å². The van der Waals surface area contributed by atoms with Crippen molar-refractivity contribution in [2.24, 2.45) is 0 Å². The van der Waals surface area contributed by atoms with E-state index in [-0.39, 0.29) is 0 Å². The number of allylic oxidation sites excluding steroid dienone is 1. The van der Waals surface area contributed by atoms with Crippen molar-refractivity contribution in [2.75, 3.05) is 5.88 Å². The number of halogens is 1. The monoisotopic (exact) mass is 149 g/mol. The van der Waals surface area contributed by atoms with E-state index < -0.39 is 0 Å². The van der Waals surface area contributed by atoms with Gasteiger partial charge in [0, 0.05) is 5.70 Å². The van der Waals surface area contributed by atoms with E-state index in [9.17, 15) is 0 Å². The molecule has 1 N–H and O–H groups in total. The zero-order valence-corrected chi connectivity index (χ0v) is 6.22. The van der Waals surface area contributed by atoms with E-state index >= 15 is 0 Å². The topological polar surface area (TPSA) is 12.0 Å². The van der Waals surface area contributed by atoms with Crippen molar-refractivity contribution in [3.8, 4) is 0 Å². The van der Waals surface area contributed by atoms with Crippen LogP contribution in [0.5, 0.6) is 0 Å². The van der Waals surface area contributed by atoms with Gasteiger partial charge in [0.15, 0.2) is 0 Å². The molecule has 46 valence electrons. The van der Waals surface area contributed by atoms with E-state index in [0.29, 0.717) is 11.3 Å². The van der Waals surface area contributed by atoms with Crippen LogP contribution < -0.4 is 5.32 Å². The quantitative estimate of drug-likeness (QED) is 0.571. The molecule has 0 aromatic heterocycles.